The number of hydrogen-bond acceptors (Lipinski definition) is 4. The molecule has 1 aromatic rings. The van der Waals surface area contributed by atoms with Crippen LogP contribution in [0, 0.1) is 17.2 Å². The number of para-hydroxylation sites is 2. The van der Waals surface area contributed by atoms with E-state index >= 15 is 0 Å². The van der Waals surface area contributed by atoms with Gasteiger partial charge < -0.3 is 9.47 Å². The zero-order valence-corrected chi connectivity index (χ0v) is 11.3. The number of nitriles is 1. The summed E-state index contributed by atoms with van der Waals surface area (Å²) in [4.78, 5) is 2.30. The lowest BCUT2D eigenvalue weighted by atomic mass is 10.00. The Kier molecular flexibility index (Phi) is 5.05. The zero-order chi connectivity index (χ0) is 13.5. The van der Waals surface area contributed by atoms with E-state index in [4.69, 9.17) is 14.7 Å². The van der Waals surface area contributed by atoms with Gasteiger partial charge >= 0.3 is 0 Å². The topological polar surface area (TPSA) is 45.5 Å². The molecule has 0 amide bonds. The molecule has 1 fully saturated rings. The Bertz CT molecular complexity index is 442. The average Bonchev–Trinajstić information content (AvgIpc) is 2.48. The molecule has 0 bridgehead atoms. The molecule has 1 aliphatic rings. The van der Waals surface area contributed by atoms with Crippen LogP contribution in [-0.4, -0.2) is 38.3 Å². The first-order valence-electron chi connectivity index (χ1n) is 6.71. The normalized spacial score (nSPS) is 19.7. The third-order valence-corrected chi connectivity index (χ3v) is 3.42. The first kappa shape index (κ1) is 13.7. The van der Waals surface area contributed by atoms with Gasteiger partial charge in [0.15, 0.2) is 11.5 Å². The SMILES string of the molecule is COc1ccccc1OCCN1CCCC(C#N)C1. The van der Waals surface area contributed by atoms with Gasteiger partial charge in [0.25, 0.3) is 0 Å². The third kappa shape index (κ3) is 3.87. The lowest BCUT2D eigenvalue weighted by molar-refractivity contribution is 0.162. The number of nitrogens with zero attached hydrogens (tertiary/aromatic N) is 2. The minimum atomic E-state index is 0.181. The highest BCUT2D eigenvalue weighted by Gasteiger charge is 2.19. The molecule has 0 spiro atoms. The minimum Gasteiger partial charge on any atom is -0.493 e. The van der Waals surface area contributed by atoms with Gasteiger partial charge in [-0.3, -0.25) is 4.90 Å². The van der Waals surface area contributed by atoms with Gasteiger partial charge in [-0.25, -0.2) is 0 Å². The second kappa shape index (κ2) is 7.01. The molecule has 0 aromatic heterocycles. The van der Waals surface area contributed by atoms with Crippen molar-refractivity contribution in [1.82, 2.24) is 4.90 Å². The number of ether oxygens (including phenoxy) is 2. The smallest absolute Gasteiger partial charge is 0.161 e. The molecule has 0 radical (unpaired) electrons. The van der Waals surface area contributed by atoms with Gasteiger partial charge in [-0.05, 0) is 31.5 Å². The summed E-state index contributed by atoms with van der Waals surface area (Å²) < 4.78 is 11.0. The van der Waals surface area contributed by atoms with Gasteiger partial charge in [-0.1, -0.05) is 12.1 Å². The van der Waals surface area contributed by atoms with Crippen LogP contribution in [-0.2, 0) is 0 Å². The van der Waals surface area contributed by atoms with Crippen molar-refractivity contribution in [3.05, 3.63) is 24.3 Å². The number of hydrogen-bond donors (Lipinski definition) is 0. The molecule has 1 heterocycles. The molecule has 0 saturated carbocycles. The van der Waals surface area contributed by atoms with Crippen LogP contribution in [0.3, 0.4) is 0 Å². The summed E-state index contributed by atoms with van der Waals surface area (Å²) in [6, 6.07) is 10.0. The first-order chi connectivity index (χ1) is 9.33. The quantitative estimate of drug-likeness (QED) is 0.815. The highest BCUT2D eigenvalue weighted by atomic mass is 16.5. The van der Waals surface area contributed by atoms with E-state index in [0.717, 1.165) is 44.0 Å². The highest BCUT2D eigenvalue weighted by molar-refractivity contribution is 5.39. The second-order valence-corrected chi connectivity index (χ2v) is 4.77. The molecular weight excluding hydrogens is 240 g/mol. The van der Waals surface area contributed by atoms with Crippen LogP contribution in [0.5, 0.6) is 11.5 Å². The molecule has 2 rings (SSSR count). The van der Waals surface area contributed by atoms with Crippen LogP contribution in [0.2, 0.25) is 0 Å². The maximum absolute atomic E-state index is 8.96. The maximum Gasteiger partial charge on any atom is 0.161 e. The Morgan fingerprint density at radius 1 is 1.37 bits per heavy atom. The Labute approximate surface area is 114 Å². The van der Waals surface area contributed by atoms with E-state index in [0.29, 0.717) is 6.61 Å². The first-order valence-corrected chi connectivity index (χ1v) is 6.71. The van der Waals surface area contributed by atoms with Crippen LogP contribution in [0.25, 0.3) is 0 Å². The number of benzene rings is 1. The Morgan fingerprint density at radius 3 is 2.89 bits per heavy atom. The fourth-order valence-corrected chi connectivity index (χ4v) is 2.39. The summed E-state index contributed by atoms with van der Waals surface area (Å²) in [5, 5.41) is 8.96. The summed E-state index contributed by atoms with van der Waals surface area (Å²) in [7, 11) is 1.64. The van der Waals surface area contributed by atoms with Gasteiger partial charge in [0.1, 0.15) is 6.61 Å². The van der Waals surface area contributed by atoms with E-state index in [1.807, 2.05) is 24.3 Å². The zero-order valence-electron chi connectivity index (χ0n) is 11.3. The molecule has 1 unspecified atom stereocenters. The lowest BCUT2D eigenvalue weighted by Crippen LogP contribution is -2.37. The van der Waals surface area contributed by atoms with E-state index in [1.54, 1.807) is 7.11 Å². The predicted molar refractivity (Wildman–Crippen MR) is 73.3 cm³/mol. The molecule has 1 aromatic carbocycles. The molecule has 4 nitrogen and oxygen atoms in total. The van der Waals surface area contributed by atoms with Crippen molar-refractivity contribution in [3.63, 3.8) is 0 Å². The Hall–Kier alpha value is -1.73. The highest BCUT2D eigenvalue weighted by Crippen LogP contribution is 2.25. The van der Waals surface area contributed by atoms with Crippen LogP contribution in [0.4, 0.5) is 0 Å². The summed E-state index contributed by atoms with van der Waals surface area (Å²) >= 11 is 0. The summed E-state index contributed by atoms with van der Waals surface area (Å²) in [6.07, 6.45) is 2.13. The predicted octanol–water partition coefficient (Wildman–Crippen LogP) is 2.31. The van der Waals surface area contributed by atoms with Crippen molar-refractivity contribution in [2.45, 2.75) is 12.8 Å². The molecule has 0 N–H and O–H groups in total. The van der Waals surface area contributed by atoms with Crippen molar-refractivity contribution in [3.8, 4) is 17.6 Å². The van der Waals surface area contributed by atoms with Gasteiger partial charge in [0.2, 0.25) is 0 Å². The van der Waals surface area contributed by atoms with E-state index in [2.05, 4.69) is 11.0 Å². The molecule has 1 saturated heterocycles. The molecule has 4 heteroatoms. The molecule has 1 aliphatic heterocycles. The third-order valence-electron chi connectivity index (χ3n) is 3.42. The van der Waals surface area contributed by atoms with Crippen LogP contribution in [0.1, 0.15) is 12.8 Å². The summed E-state index contributed by atoms with van der Waals surface area (Å²) in [5.74, 6) is 1.72. The van der Waals surface area contributed by atoms with Crippen molar-refractivity contribution < 1.29 is 9.47 Å². The summed E-state index contributed by atoms with van der Waals surface area (Å²) in [5.41, 5.74) is 0. The average molecular weight is 260 g/mol. The van der Waals surface area contributed by atoms with Gasteiger partial charge in [-0.15, -0.1) is 0 Å². The number of piperidine rings is 1. The monoisotopic (exact) mass is 260 g/mol. The van der Waals surface area contributed by atoms with Crippen molar-refractivity contribution in [2.75, 3.05) is 33.4 Å². The van der Waals surface area contributed by atoms with E-state index in [-0.39, 0.29) is 5.92 Å². The molecular formula is C15H20N2O2. The van der Waals surface area contributed by atoms with E-state index in [1.165, 1.54) is 0 Å². The number of methoxy groups -OCH3 is 1. The second-order valence-electron chi connectivity index (χ2n) is 4.77. The van der Waals surface area contributed by atoms with Crippen molar-refractivity contribution in [2.24, 2.45) is 5.92 Å². The fraction of sp³-hybridized carbons (Fsp3) is 0.533. The molecule has 102 valence electrons. The number of likely N-dealkylation sites (tertiary alicyclic amines) is 1. The molecule has 0 aliphatic carbocycles. The largest absolute Gasteiger partial charge is 0.493 e. The van der Waals surface area contributed by atoms with Gasteiger partial charge in [0, 0.05) is 13.1 Å². The van der Waals surface area contributed by atoms with E-state index in [9.17, 15) is 0 Å². The maximum atomic E-state index is 8.96. The molecule has 19 heavy (non-hydrogen) atoms. The van der Waals surface area contributed by atoms with Gasteiger partial charge in [0.05, 0.1) is 19.1 Å². The van der Waals surface area contributed by atoms with E-state index < -0.39 is 0 Å². The summed E-state index contributed by atoms with van der Waals surface area (Å²) in [6.45, 7) is 3.41. The van der Waals surface area contributed by atoms with Crippen molar-refractivity contribution >= 4 is 0 Å². The lowest BCUT2D eigenvalue weighted by Gasteiger charge is -2.29. The van der Waals surface area contributed by atoms with Crippen LogP contribution in [0.15, 0.2) is 24.3 Å². The Morgan fingerprint density at radius 2 is 2.16 bits per heavy atom. The molecule has 1 atom stereocenters. The van der Waals surface area contributed by atoms with Crippen LogP contribution >= 0.6 is 0 Å². The minimum absolute atomic E-state index is 0.181. The number of rotatable bonds is 5. The van der Waals surface area contributed by atoms with Crippen molar-refractivity contribution in [1.29, 1.82) is 5.26 Å². The van der Waals surface area contributed by atoms with Crippen LogP contribution < -0.4 is 9.47 Å². The standard InChI is InChI=1S/C15H20N2O2/c1-18-14-6-2-3-7-15(14)19-10-9-17-8-4-5-13(11-16)12-17/h2-3,6-7,13H,4-5,8-10,12H2,1H3. The van der Waals surface area contributed by atoms with Gasteiger partial charge in [-0.2, -0.15) is 5.26 Å². The Balaban J connectivity index is 1.78. The fourth-order valence-electron chi connectivity index (χ4n) is 2.39.